The average Bonchev–Trinajstić information content (AvgIpc) is 2.71. The van der Waals surface area contributed by atoms with Gasteiger partial charge in [0, 0.05) is 13.1 Å². The van der Waals surface area contributed by atoms with Crippen molar-refractivity contribution in [3.63, 3.8) is 0 Å². The Labute approximate surface area is 90.3 Å². The van der Waals surface area contributed by atoms with Crippen LogP contribution in [0.1, 0.15) is 27.7 Å². The highest BCUT2D eigenvalue weighted by Gasteiger charge is 2.66. The zero-order valence-corrected chi connectivity index (χ0v) is 9.78. The minimum atomic E-state index is -0.856. The van der Waals surface area contributed by atoms with Gasteiger partial charge < -0.3 is 10.0 Å². The largest absolute Gasteiger partial charge is 0.481 e. The van der Waals surface area contributed by atoms with E-state index in [1.807, 2.05) is 27.7 Å². The summed E-state index contributed by atoms with van der Waals surface area (Å²) in [4.78, 5) is 24.6. The molecule has 0 aromatic rings. The summed E-state index contributed by atoms with van der Waals surface area (Å²) < 4.78 is 0. The Morgan fingerprint density at radius 1 is 1.20 bits per heavy atom. The second-order valence-electron chi connectivity index (χ2n) is 4.63. The number of carbonyl (C=O) groups excluding carboxylic acids is 1. The first-order valence-corrected chi connectivity index (χ1v) is 5.39. The van der Waals surface area contributed by atoms with Crippen LogP contribution in [0.25, 0.3) is 0 Å². The van der Waals surface area contributed by atoms with Crippen LogP contribution in [0.3, 0.4) is 0 Å². The van der Waals surface area contributed by atoms with Gasteiger partial charge in [-0.15, -0.1) is 0 Å². The number of aliphatic carboxylic acids is 1. The first-order chi connectivity index (χ1) is 6.87. The average molecular weight is 213 g/mol. The van der Waals surface area contributed by atoms with Crippen molar-refractivity contribution in [3.8, 4) is 0 Å². The molecule has 0 heterocycles. The number of carbonyl (C=O) groups is 2. The first-order valence-electron chi connectivity index (χ1n) is 5.39. The normalized spacial score (nSPS) is 27.2. The van der Waals surface area contributed by atoms with Crippen LogP contribution in [0.4, 0.5) is 0 Å². The molecule has 1 N–H and O–H groups in total. The van der Waals surface area contributed by atoms with Crippen molar-refractivity contribution in [2.75, 3.05) is 13.1 Å². The summed E-state index contributed by atoms with van der Waals surface area (Å²) in [6, 6.07) is 0. The second kappa shape index (κ2) is 3.83. The van der Waals surface area contributed by atoms with Gasteiger partial charge >= 0.3 is 5.97 Å². The van der Waals surface area contributed by atoms with Crippen molar-refractivity contribution in [3.05, 3.63) is 0 Å². The molecule has 0 spiro atoms. The summed E-state index contributed by atoms with van der Waals surface area (Å²) in [7, 11) is 0. The van der Waals surface area contributed by atoms with Gasteiger partial charge in [0.15, 0.2) is 0 Å². The molecule has 1 fully saturated rings. The lowest BCUT2D eigenvalue weighted by Crippen LogP contribution is -2.33. The quantitative estimate of drug-likeness (QED) is 0.763. The third-order valence-corrected chi connectivity index (χ3v) is 3.43. The highest BCUT2D eigenvalue weighted by atomic mass is 16.4. The third kappa shape index (κ3) is 1.85. The minimum absolute atomic E-state index is 0.0163. The van der Waals surface area contributed by atoms with Crippen LogP contribution in [0, 0.1) is 17.3 Å². The fourth-order valence-electron chi connectivity index (χ4n) is 2.29. The maximum atomic E-state index is 12.0. The van der Waals surface area contributed by atoms with E-state index >= 15 is 0 Å². The van der Waals surface area contributed by atoms with Crippen LogP contribution in [-0.4, -0.2) is 35.0 Å². The van der Waals surface area contributed by atoms with Crippen LogP contribution in [0.5, 0.6) is 0 Å². The molecular weight excluding hydrogens is 194 g/mol. The molecule has 0 aromatic heterocycles. The smallest absolute Gasteiger partial charge is 0.307 e. The number of rotatable bonds is 4. The lowest BCUT2D eigenvalue weighted by atomic mass is 10.1. The molecule has 0 aliphatic heterocycles. The molecule has 0 saturated heterocycles. The molecule has 4 nitrogen and oxygen atoms in total. The van der Waals surface area contributed by atoms with E-state index in [0.717, 1.165) is 0 Å². The van der Waals surface area contributed by atoms with Crippen molar-refractivity contribution in [1.82, 2.24) is 4.90 Å². The van der Waals surface area contributed by atoms with E-state index in [0.29, 0.717) is 13.1 Å². The van der Waals surface area contributed by atoms with Gasteiger partial charge in [-0.1, -0.05) is 13.8 Å². The first kappa shape index (κ1) is 12.0. The van der Waals surface area contributed by atoms with Crippen LogP contribution in [-0.2, 0) is 9.59 Å². The molecule has 0 unspecified atom stereocenters. The van der Waals surface area contributed by atoms with Crippen LogP contribution in [0.15, 0.2) is 0 Å². The number of nitrogens with zero attached hydrogens (tertiary/aromatic N) is 1. The van der Waals surface area contributed by atoms with E-state index in [1.54, 1.807) is 4.90 Å². The zero-order valence-electron chi connectivity index (χ0n) is 9.78. The molecule has 1 aliphatic rings. The van der Waals surface area contributed by atoms with Crippen LogP contribution in [0.2, 0.25) is 0 Å². The lowest BCUT2D eigenvalue weighted by Gasteiger charge is -2.19. The summed E-state index contributed by atoms with van der Waals surface area (Å²) in [5.74, 6) is -1.72. The Morgan fingerprint density at radius 2 is 1.67 bits per heavy atom. The maximum absolute atomic E-state index is 12.0. The van der Waals surface area contributed by atoms with Gasteiger partial charge in [0.1, 0.15) is 0 Å². The van der Waals surface area contributed by atoms with Gasteiger partial charge in [-0.3, -0.25) is 9.59 Å². The fraction of sp³-hybridized carbons (Fsp3) is 0.818. The monoisotopic (exact) mass is 213 g/mol. The topological polar surface area (TPSA) is 57.6 Å². The van der Waals surface area contributed by atoms with E-state index in [1.165, 1.54) is 0 Å². The standard InChI is InChI=1S/C11H19NO3/c1-5-12(6-2)9(13)7-8(10(14)15)11(7,3)4/h7-8H,5-6H2,1-4H3,(H,14,15)/t7-,8-/m1/s1. The van der Waals surface area contributed by atoms with Crippen molar-refractivity contribution in [2.24, 2.45) is 17.3 Å². The summed E-state index contributed by atoms with van der Waals surface area (Å²) >= 11 is 0. The highest BCUT2D eigenvalue weighted by Crippen LogP contribution is 2.58. The number of carboxylic acid groups (broad SMARTS) is 1. The van der Waals surface area contributed by atoms with Crippen LogP contribution >= 0.6 is 0 Å². The predicted octanol–water partition coefficient (Wildman–Crippen LogP) is 1.21. The Morgan fingerprint density at radius 3 is 1.93 bits per heavy atom. The maximum Gasteiger partial charge on any atom is 0.307 e. The third-order valence-electron chi connectivity index (χ3n) is 3.43. The Bertz CT molecular complexity index is 282. The van der Waals surface area contributed by atoms with Gasteiger partial charge in [0.05, 0.1) is 11.8 Å². The number of carboxylic acids is 1. The van der Waals surface area contributed by atoms with Gasteiger partial charge in [-0.2, -0.15) is 0 Å². The van der Waals surface area contributed by atoms with Gasteiger partial charge in [0.25, 0.3) is 0 Å². The summed E-state index contributed by atoms with van der Waals surface area (Å²) in [5.41, 5.74) is -0.383. The zero-order chi connectivity index (χ0) is 11.8. The van der Waals surface area contributed by atoms with E-state index < -0.39 is 11.9 Å². The van der Waals surface area contributed by atoms with E-state index in [9.17, 15) is 9.59 Å². The predicted molar refractivity (Wildman–Crippen MR) is 56.3 cm³/mol. The fourth-order valence-corrected chi connectivity index (χ4v) is 2.29. The minimum Gasteiger partial charge on any atom is -0.481 e. The molecule has 0 aromatic carbocycles. The van der Waals surface area contributed by atoms with Gasteiger partial charge in [0.2, 0.25) is 5.91 Å². The Hall–Kier alpha value is -1.06. The molecule has 1 aliphatic carbocycles. The number of amides is 1. The van der Waals surface area contributed by atoms with E-state index in [2.05, 4.69) is 0 Å². The van der Waals surface area contributed by atoms with Gasteiger partial charge in [-0.25, -0.2) is 0 Å². The van der Waals surface area contributed by atoms with Crippen molar-refractivity contribution >= 4 is 11.9 Å². The van der Waals surface area contributed by atoms with Gasteiger partial charge in [-0.05, 0) is 19.3 Å². The molecule has 1 saturated carbocycles. The Balaban J connectivity index is 2.75. The molecule has 1 amide bonds. The molecule has 0 bridgehead atoms. The molecule has 1 rings (SSSR count). The van der Waals surface area contributed by atoms with E-state index in [4.69, 9.17) is 5.11 Å². The molecule has 86 valence electrons. The van der Waals surface area contributed by atoms with Crippen molar-refractivity contribution in [2.45, 2.75) is 27.7 Å². The van der Waals surface area contributed by atoms with Crippen LogP contribution < -0.4 is 0 Å². The highest BCUT2D eigenvalue weighted by molar-refractivity contribution is 5.91. The summed E-state index contributed by atoms with van der Waals surface area (Å²) in [5, 5.41) is 8.96. The lowest BCUT2D eigenvalue weighted by molar-refractivity contribution is -0.142. The molecule has 15 heavy (non-hydrogen) atoms. The summed E-state index contributed by atoms with van der Waals surface area (Å²) in [6.07, 6.45) is 0. The molecule has 2 atom stereocenters. The second-order valence-corrected chi connectivity index (χ2v) is 4.63. The SMILES string of the molecule is CCN(CC)C(=O)[C@H]1[C@H](C(=O)O)C1(C)C. The molecule has 4 heteroatoms. The van der Waals surface area contributed by atoms with Crippen molar-refractivity contribution in [1.29, 1.82) is 0 Å². The number of hydrogen-bond donors (Lipinski definition) is 1. The molecule has 0 radical (unpaired) electrons. The van der Waals surface area contributed by atoms with E-state index in [-0.39, 0.29) is 17.2 Å². The molecular formula is C11H19NO3. The Kier molecular flexibility index (Phi) is 3.07. The van der Waals surface area contributed by atoms with Crippen molar-refractivity contribution < 1.29 is 14.7 Å². The summed E-state index contributed by atoms with van der Waals surface area (Å²) in [6.45, 7) is 8.80. The number of hydrogen-bond acceptors (Lipinski definition) is 2.